The van der Waals surface area contributed by atoms with Crippen molar-refractivity contribution >= 4 is 5.91 Å². The van der Waals surface area contributed by atoms with E-state index in [-0.39, 0.29) is 5.91 Å². The Kier molecular flexibility index (Phi) is 8.70. The van der Waals surface area contributed by atoms with Gasteiger partial charge in [-0.25, -0.2) is 0 Å². The zero-order valence-corrected chi connectivity index (χ0v) is 10.0. The van der Waals surface area contributed by atoms with Crippen molar-refractivity contribution < 1.29 is 4.79 Å². The lowest BCUT2D eigenvalue weighted by Gasteiger charge is -2.15. The van der Waals surface area contributed by atoms with Crippen LogP contribution in [0.15, 0.2) is 0 Å². The van der Waals surface area contributed by atoms with E-state index in [4.69, 9.17) is 0 Å². The van der Waals surface area contributed by atoms with Gasteiger partial charge in [0.05, 0.1) is 0 Å². The molecule has 0 fully saturated rings. The fourth-order valence-corrected chi connectivity index (χ4v) is 1.52. The largest absolute Gasteiger partial charge is 0.346 e. The third kappa shape index (κ3) is 6.93. The highest BCUT2D eigenvalue weighted by Crippen LogP contribution is 2.05. The van der Waals surface area contributed by atoms with E-state index in [1.807, 2.05) is 18.9 Å². The third-order valence-corrected chi connectivity index (χ3v) is 2.58. The summed E-state index contributed by atoms with van der Waals surface area (Å²) in [7, 11) is 1.90. The van der Waals surface area contributed by atoms with Crippen LogP contribution in [0.1, 0.15) is 58.8 Å². The average molecular weight is 199 g/mol. The van der Waals surface area contributed by atoms with Gasteiger partial charge in [-0.1, -0.05) is 46.0 Å². The van der Waals surface area contributed by atoms with E-state index >= 15 is 0 Å². The molecule has 0 unspecified atom stereocenters. The normalized spacial score (nSPS) is 10.2. The molecule has 0 aliphatic carbocycles. The Morgan fingerprint density at radius 1 is 1.00 bits per heavy atom. The predicted octanol–water partition coefficient (Wildman–Crippen LogP) is 3.22. The van der Waals surface area contributed by atoms with E-state index in [0.717, 1.165) is 13.0 Å². The average Bonchev–Trinajstić information content (AvgIpc) is 2.21. The number of hydrogen-bond donors (Lipinski definition) is 0. The third-order valence-electron chi connectivity index (χ3n) is 2.58. The lowest BCUT2D eigenvalue weighted by atomic mass is 10.1. The van der Waals surface area contributed by atoms with Gasteiger partial charge >= 0.3 is 0 Å². The van der Waals surface area contributed by atoms with Crippen LogP contribution in [0.25, 0.3) is 0 Å². The maximum absolute atomic E-state index is 11.2. The fraction of sp³-hybridized carbons (Fsp3) is 0.917. The van der Waals surface area contributed by atoms with Crippen molar-refractivity contribution in [3.8, 4) is 0 Å². The van der Waals surface area contributed by atoms with Gasteiger partial charge in [-0.15, -0.1) is 0 Å². The summed E-state index contributed by atoms with van der Waals surface area (Å²) < 4.78 is 0. The maximum atomic E-state index is 11.2. The molecule has 0 radical (unpaired) electrons. The smallest absolute Gasteiger partial charge is 0.222 e. The maximum Gasteiger partial charge on any atom is 0.222 e. The molecule has 0 aliphatic heterocycles. The van der Waals surface area contributed by atoms with Crippen LogP contribution in [0.5, 0.6) is 0 Å². The predicted molar refractivity (Wildman–Crippen MR) is 61.3 cm³/mol. The minimum Gasteiger partial charge on any atom is -0.346 e. The van der Waals surface area contributed by atoms with E-state index in [0.29, 0.717) is 6.42 Å². The molecule has 2 nitrogen and oxygen atoms in total. The van der Waals surface area contributed by atoms with Gasteiger partial charge in [0.2, 0.25) is 5.91 Å². The number of carbonyl (C=O) groups is 1. The molecule has 0 atom stereocenters. The van der Waals surface area contributed by atoms with Gasteiger partial charge in [0, 0.05) is 20.0 Å². The Labute approximate surface area is 88.7 Å². The van der Waals surface area contributed by atoms with Gasteiger partial charge in [-0.3, -0.25) is 4.79 Å². The number of nitrogens with zero attached hydrogens (tertiary/aromatic N) is 1. The van der Waals surface area contributed by atoms with Gasteiger partial charge in [-0.05, 0) is 6.42 Å². The topological polar surface area (TPSA) is 20.3 Å². The van der Waals surface area contributed by atoms with E-state index in [1.54, 1.807) is 0 Å². The first kappa shape index (κ1) is 13.5. The summed E-state index contributed by atoms with van der Waals surface area (Å²) in [5.74, 6) is 0.263. The lowest BCUT2D eigenvalue weighted by Crippen LogP contribution is -2.26. The molecule has 0 aromatic heterocycles. The molecule has 2 heteroatoms. The Balaban J connectivity index is 3.23. The van der Waals surface area contributed by atoms with Gasteiger partial charge < -0.3 is 4.90 Å². The van der Waals surface area contributed by atoms with Crippen LogP contribution in [0.2, 0.25) is 0 Å². The molecule has 84 valence electrons. The molecule has 0 aliphatic rings. The van der Waals surface area contributed by atoms with E-state index in [2.05, 4.69) is 6.92 Å². The number of amides is 1. The molecule has 0 N–H and O–H groups in total. The van der Waals surface area contributed by atoms with Gasteiger partial charge in [0.25, 0.3) is 0 Å². The van der Waals surface area contributed by atoms with Gasteiger partial charge in [-0.2, -0.15) is 0 Å². The SMILES string of the molecule is CCCCCCCCN(C)C(=O)CC. The molecule has 0 aromatic carbocycles. The van der Waals surface area contributed by atoms with Crippen LogP contribution in [0.3, 0.4) is 0 Å². The monoisotopic (exact) mass is 199 g/mol. The summed E-state index contributed by atoms with van der Waals surface area (Å²) in [5.41, 5.74) is 0. The molecular formula is C12H25NO. The highest BCUT2D eigenvalue weighted by atomic mass is 16.2. The van der Waals surface area contributed by atoms with Gasteiger partial charge in [0.15, 0.2) is 0 Å². The number of rotatable bonds is 8. The Morgan fingerprint density at radius 2 is 1.57 bits per heavy atom. The molecule has 0 spiro atoms. The molecular weight excluding hydrogens is 174 g/mol. The van der Waals surface area contributed by atoms with Crippen LogP contribution < -0.4 is 0 Å². The van der Waals surface area contributed by atoms with E-state index in [9.17, 15) is 4.79 Å². The van der Waals surface area contributed by atoms with Crippen molar-refractivity contribution in [3.63, 3.8) is 0 Å². The second-order valence-corrected chi connectivity index (χ2v) is 3.94. The van der Waals surface area contributed by atoms with Crippen molar-refractivity contribution in [1.82, 2.24) is 4.90 Å². The summed E-state index contributed by atoms with van der Waals surface area (Å²) in [6.07, 6.45) is 8.38. The van der Waals surface area contributed by atoms with E-state index < -0.39 is 0 Å². The first-order valence-electron chi connectivity index (χ1n) is 5.96. The summed E-state index contributed by atoms with van der Waals surface area (Å²) >= 11 is 0. The van der Waals surface area contributed by atoms with Crippen molar-refractivity contribution in [2.45, 2.75) is 58.8 Å². The Bertz CT molecular complexity index is 145. The highest BCUT2D eigenvalue weighted by molar-refractivity contribution is 5.75. The summed E-state index contributed by atoms with van der Waals surface area (Å²) in [5, 5.41) is 0. The number of unbranched alkanes of at least 4 members (excludes halogenated alkanes) is 5. The Hall–Kier alpha value is -0.530. The number of carbonyl (C=O) groups excluding carboxylic acids is 1. The zero-order chi connectivity index (χ0) is 10.8. The van der Waals surface area contributed by atoms with Crippen molar-refractivity contribution in [3.05, 3.63) is 0 Å². The molecule has 0 heterocycles. The summed E-state index contributed by atoms with van der Waals surface area (Å²) in [4.78, 5) is 13.1. The standard InChI is InChI=1S/C12H25NO/c1-4-6-7-8-9-10-11-13(3)12(14)5-2/h4-11H2,1-3H3. The minimum atomic E-state index is 0.263. The van der Waals surface area contributed by atoms with E-state index in [1.165, 1.54) is 32.1 Å². The second kappa shape index (κ2) is 9.04. The molecule has 0 saturated carbocycles. The Morgan fingerprint density at radius 3 is 2.14 bits per heavy atom. The molecule has 0 saturated heterocycles. The van der Waals surface area contributed by atoms with Gasteiger partial charge in [0.1, 0.15) is 0 Å². The molecule has 0 bridgehead atoms. The molecule has 14 heavy (non-hydrogen) atoms. The summed E-state index contributed by atoms with van der Waals surface area (Å²) in [6, 6.07) is 0. The second-order valence-electron chi connectivity index (χ2n) is 3.94. The molecule has 0 rings (SSSR count). The van der Waals surface area contributed by atoms with Crippen LogP contribution >= 0.6 is 0 Å². The van der Waals surface area contributed by atoms with Crippen LogP contribution in [0, 0.1) is 0 Å². The highest BCUT2D eigenvalue weighted by Gasteiger charge is 2.03. The molecule has 1 amide bonds. The quantitative estimate of drug-likeness (QED) is 0.550. The number of hydrogen-bond acceptors (Lipinski definition) is 1. The minimum absolute atomic E-state index is 0.263. The fourth-order valence-electron chi connectivity index (χ4n) is 1.52. The molecule has 0 aromatic rings. The zero-order valence-electron chi connectivity index (χ0n) is 10.0. The summed E-state index contributed by atoms with van der Waals surface area (Å²) in [6.45, 7) is 5.08. The van der Waals surface area contributed by atoms with Crippen molar-refractivity contribution in [1.29, 1.82) is 0 Å². The van der Waals surface area contributed by atoms with Crippen LogP contribution in [-0.2, 0) is 4.79 Å². The first-order valence-corrected chi connectivity index (χ1v) is 5.96. The van der Waals surface area contributed by atoms with Crippen molar-refractivity contribution in [2.75, 3.05) is 13.6 Å². The van der Waals surface area contributed by atoms with Crippen molar-refractivity contribution in [2.24, 2.45) is 0 Å². The lowest BCUT2D eigenvalue weighted by molar-refractivity contribution is -0.129. The first-order chi connectivity index (χ1) is 6.72. The van der Waals surface area contributed by atoms with Crippen LogP contribution in [-0.4, -0.2) is 24.4 Å². The van der Waals surface area contributed by atoms with Crippen LogP contribution in [0.4, 0.5) is 0 Å².